The standard InChI is InChI=1S/C12H16ClNO2/c1-7-8(5-6-9(13)10(7)14)11(15)16-12(2,3)4/h5-6H,14H2,1-4H3. The summed E-state index contributed by atoms with van der Waals surface area (Å²) in [5, 5.41) is 0.449. The zero-order chi connectivity index (χ0) is 12.5. The second-order valence-electron chi connectivity index (χ2n) is 4.64. The van der Waals surface area contributed by atoms with Crippen molar-refractivity contribution in [2.24, 2.45) is 0 Å². The Morgan fingerprint density at radius 3 is 2.44 bits per heavy atom. The van der Waals surface area contributed by atoms with Crippen LogP contribution in [0.2, 0.25) is 5.02 Å². The number of carbonyl (C=O) groups excluding carboxylic acids is 1. The molecule has 0 amide bonds. The van der Waals surface area contributed by atoms with Crippen LogP contribution in [0.5, 0.6) is 0 Å². The third-order valence-electron chi connectivity index (χ3n) is 2.08. The second kappa shape index (κ2) is 4.34. The molecule has 0 aliphatic heterocycles. The number of benzene rings is 1. The summed E-state index contributed by atoms with van der Waals surface area (Å²) < 4.78 is 5.26. The number of hydrogen-bond acceptors (Lipinski definition) is 3. The highest BCUT2D eigenvalue weighted by molar-refractivity contribution is 6.33. The van der Waals surface area contributed by atoms with Crippen molar-refractivity contribution < 1.29 is 9.53 Å². The van der Waals surface area contributed by atoms with Gasteiger partial charge in [0.15, 0.2) is 0 Å². The summed E-state index contributed by atoms with van der Waals surface area (Å²) in [6.07, 6.45) is 0. The van der Waals surface area contributed by atoms with Gasteiger partial charge in [-0.3, -0.25) is 0 Å². The smallest absolute Gasteiger partial charge is 0.338 e. The predicted octanol–water partition coefficient (Wildman–Crippen LogP) is 3.19. The lowest BCUT2D eigenvalue weighted by atomic mass is 10.1. The van der Waals surface area contributed by atoms with E-state index in [0.717, 1.165) is 0 Å². The molecule has 16 heavy (non-hydrogen) atoms. The summed E-state index contributed by atoms with van der Waals surface area (Å²) in [4.78, 5) is 11.8. The van der Waals surface area contributed by atoms with Crippen molar-refractivity contribution in [3.8, 4) is 0 Å². The van der Waals surface area contributed by atoms with Crippen molar-refractivity contribution >= 4 is 23.3 Å². The van der Waals surface area contributed by atoms with Gasteiger partial charge in [0.2, 0.25) is 0 Å². The Balaban J connectivity index is 3.06. The second-order valence-corrected chi connectivity index (χ2v) is 5.04. The molecule has 2 N–H and O–H groups in total. The topological polar surface area (TPSA) is 52.3 Å². The van der Waals surface area contributed by atoms with Crippen LogP contribution in [0, 0.1) is 6.92 Å². The highest BCUT2D eigenvalue weighted by Gasteiger charge is 2.20. The largest absolute Gasteiger partial charge is 0.456 e. The minimum atomic E-state index is -0.516. The molecule has 0 aliphatic carbocycles. The molecule has 4 heteroatoms. The molecule has 1 aromatic carbocycles. The van der Waals surface area contributed by atoms with E-state index in [9.17, 15) is 4.79 Å². The van der Waals surface area contributed by atoms with Crippen LogP contribution >= 0.6 is 11.6 Å². The van der Waals surface area contributed by atoms with E-state index in [4.69, 9.17) is 22.1 Å². The molecule has 0 saturated carbocycles. The lowest BCUT2D eigenvalue weighted by Gasteiger charge is -2.20. The van der Waals surface area contributed by atoms with Crippen molar-refractivity contribution in [3.05, 3.63) is 28.3 Å². The molecular formula is C12H16ClNO2. The molecule has 1 rings (SSSR count). The Bertz CT molecular complexity index is 422. The molecule has 0 aromatic heterocycles. The number of halogens is 1. The summed E-state index contributed by atoms with van der Waals surface area (Å²) in [7, 11) is 0. The van der Waals surface area contributed by atoms with Crippen molar-refractivity contribution in [3.63, 3.8) is 0 Å². The number of carbonyl (C=O) groups is 1. The van der Waals surface area contributed by atoms with E-state index in [-0.39, 0.29) is 5.97 Å². The summed E-state index contributed by atoms with van der Waals surface area (Å²) in [6.45, 7) is 7.21. The fourth-order valence-electron chi connectivity index (χ4n) is 1.25. The van der Waals surface area contributed by atoms with E-state index < -0.39 is 5.60 Å². The van der Waals surface area contributed by atoms with Crippen LogP contribution in [0.1, 0.15) is 36.7 Å². The number of ether oxygens (including phenoxy) is 1. The Morgan fingerprint density at radius 2 is 1.94 bits per heavy atom. The first-order chi connectivity index (χ1) is 7.22. The first-order valence-electron chi connectivity index (χ1n) is 5.00. The Kier molecular flexibility index (Phi) is 3.48. The quantitative estimate of drug-likeness (QED) is 0.607. The lowest BCUT2D eigenvalue weighted by molar-refractivity contribution is 0.00688. The summed E-state index contributed by atoms with van der Waals surface area (Å²) in [5.74, 6) is -0.381. The first kappa shape index (κ1) is 12.8. The van der Waals surface area contributed by atoms with Gasteiger partial charge in [0.1, 0.15) is 5.60 Å². The predicted molar refractivity (Wildman–Crippen MR) is 65.8 cm³/mol. The van der Waals surface area contributed by atoms with E-state index >= 15 is 0 Å². The van der Waals surface area contributed by atoms with Crippen LogP contribution in [0.4, 0.5) is 5.69 Å². The van der Waals surface area contributed by atoms with Crippen molar-refractivity contribution in [2.45, 2.75) is 33.3 Å². The first-order valence-corrected chi connectivity index (χ1v) is 5.38. The van der Waals surface area contributed by atoms with E-state index in [1.165, 1.54) is 0 Å². The molecular weight excluding hydrogens is 226 g/mol. The fourth-order valence-corrected chi connectivity index (χ4v) is 1.45. The Morgan fingerprint density at radius 1 is 1.38 bits per heavy atom. The van der Waals surface area contributed by atoms with Crippen LogP contribution < -0.4 is 5.73 Å². The number of hydrogen-bond donors (Lipinski definition) is 1. The monoisotopic (exact) mass is 241 g/mol. The average Bonchev–Trinajstić information content (AvgIpc) is 2.11. The molecule has 0 heterocycles. The van der Waals surface area contributed by atoms with E-state index in [0.29, 0.717) is 21.8 Å². The zero-order valence-electron chi connectivity index (χ0n) is 9.93. The normalized spacial score (nSPS) is 11.3. The number of esters is 1. The van der Waals surface area contributed by atoms with Crippen molar-refractivity contribution in [1.82, 2.24) is 0 Å². The van der Waals surface area contributed by atoms with Crippen LogP contribution in [-0.2, 0) is 4.74 Å². The maximum atomic E-state index is 11.8. The minimum absolute atomic E-state index is 0.381. The summed E-state index contributed by atoms with van der Waals surface area (Å²) in [5.41, 5.74) is 6.76. The average molecular weight is 242 g/mol. The maximum Gasteiger partial charge on any atom is 0.338 e. The van der Waals surface area contributed by atoms with Crippen LogP contribution in [-0.4, -0.2) is 11.6 Å². The molecule has 0 radical (unpaired) electrons. The highest BCUT2D eigenvalue weighted by atomic mass is 35.5. The number of nitrogens with two attached hydrogens (primary N) is 1. The number of rotatable bonds is 1. The van der Waals surface area contributed by atoms with Gasteiger partial charge in [0.25, 0.3) is 0 Å². The van der Waals surface area contributed by atoms with E-state index in [2.05, 4.69) is 0 Å². The minimum Gasteiger partial charge on any atom is -0.456 e. The third-order valence-corrected chi connectivity index (χ3v) is 2.41. The van der Waals surface area contributed by atoms with E-state index in [1.54, 1.807) is 19.1 Å². The highest BCUT2D eigenvalue weighted by Crippen LogP contribution is 2.26. The summed E-state index contributed by atoms with van der Waals surface area (Å²) >= 11 is 5.85. The Hall–Kier alpha value is -1.22. The molecule has 0 saturated heterocycles. The Labute approximate surface area is 101 Å². The molecule has 0 unspecified atom stereocenters. The van der Waals surface area contributed by atoms with Crippen LogP contribution in [0.15, 0.2) is 12.1 Å². The van der Waals surface area contributed by atoms with Gasteiger partial charge in [0, 0.05) is 0 Å². The number of nitrogen functional groups attached to an aromatic ring is 1. The maximum absolute atomic E-state index is 11.8. The van der Waals surface area contributed by atoms with Gasteiger partial charge in [0.05, 0.1) is 16.3 Å². The van der Waals surface area contributed by atoms with Gasteiger partial charge in [-0.25, -0.2) is 4.79 Å². The molecule has 0 bridgehead atoms. The van der Waals surface area contributed by atoms with Gasteiger partial charge in [-0.05, 0) is 45.4 Å². The van der Waals surface area contributed by atoms with Crippen molar-refractivity contribution in [1.29, 1.82) is 0 Å². The van der Waals surface area contributed by atoms with Crippen LogP contribution in [0.25, 0.3) is 0 Å². The van der Waals surface area contributed by atoms with Gasteiger partial charge in [-0.1, -0.05) is 11.6 Å². The molecule has 3 nitrogen and oxygen atoms in total. The fraction of sp³-hybridized carbons (Fsp3) is 0.417. The molecule has 0 atom stereocenters. The van der Waals surface area contributed by atoms with Crippen LogP contribution in [0.3, 0.4) is 0 Å². The molecule has 0 fully saturated rings. The van der Waals surface area contributed by atoms with Gasteiger partial charge in [-0.15, -0.1) is 0 Å². The molecule has 1 aromatic rings. The lowest BCUT2D eigenvalue weighted by Crippen LogP contribution is -2.24. The van der Waals surface area contributed by atoms with Gasteiger partial charge >= 0.3 is 5.97 Å². The zero-order valence-corrected chi connectivity index (χ0v) is 10.7. The number of anilines is 1. The summed E-state index contributed by atoms with van der Waals surface area (Å²) in [6, 6.07) is 3.23. The van der Waals surface area contributed by atoms with Gasteiger partial charge < -0.3 is 10.5 Å². The molecule has 0 aliphatic rings. The van der Waals surface area contributed by atoms with E-state index in [1.807, 2.05) is 20.8 Å². The van der Waals surface area contributed by atoms with Gasteiger partial charge in [-0.2, -0.15) is 0 Å². The third kappa shape index (κ3) is 2.89. The van der Waals surface area contributed by atoms with Crippen molar-refractivity contribution in [2.75, 3.05) is 5.73 Å². The molecule has 88 valence electrons. The molecule has 0 spiro atoms. The SMILES string of the molecule is Cc1c(C(=O)OC(C)(C)C)ccc(Cl)c1N.